The van der Waals surface area contributed by atoms with E-state index in [0.717, 1.165) is 0 Å². The molecule has 0 aliphatic carbocycles. The third kappa shape index (κ3) is 2.03. The van der Waals surface area contributed by atoms with Gasteiger partial charge in [-0.15, -0.1) is 0 Å². The van der Waals surface area contributed by atoms with Crippen LogP contribution in [0, 0.1) is 0 Å². The Bertz CT molecular complexity index is 402. The Morgan fingerprint density at radius 1 is 1.20 bits per heavy atom. The van der Waals surface area contributed by atoms with E-state index in [1.165, 1.54) is 12.1 Å². The highest BCUT2D eigenvalue weighted by molar-refractivity contribution is 5.91. The molecule has 0 aliphatic heterocycles. The van der Waals surface area contributed by atoms with E-state index in [1.54, 1.807) is 20.8 Å². The number of carboxylic acid groups (broad SMARTS) is 1. The standard InChI is InChI=1S/C11H14O4/c1-11(2,3)8-7(12)5-4-6(9(8)13)10(14)15/h4-5,12-13H,1-3H3,(H,14,15). The van der Waals surface area contributed by atoms with Crippen molar-refractivity contribution < 1.29 is 20.1 Å². The predicted octanol–water partition coefficient (Wildman–Crippen LogP) is 2.09. The van der Waals surface area contributed by atoms with E-state index < -0.39 is 11.4 Å². The van der Waals surface area contributed by atoms with E-state index in [-0.39, 0.29) is 22.6 Å². The van der Waals surface area contributed by atoms with Crippen molar-refractivity contribution in [1.29, 1.82) is 0 Å². The molecule has 0 aromatic heterocycles. The number of phenols is 2. The van der Waals surface area contributed by atoms with Crippen LogP contribution in [0.4, 0.5) is 0 Å². The fourth-order valence-electron chi connectivity index (χ4n) is 1.49. The molecule has 4 nitrogen and oxygen atoms in total. The van der Waals surface area contributed by atoms with Crippen LogP contribution in [0.15, 0.2) is 12.1 Å². The molecular formula is C11H14O4. The van der Waals surface area contributed by atoms with Crippen LogP contribution in [-0.2, 0) is 5.41 Å². The molecule has 0 unspecified atom stereocenters. The molecule has 1 aromatic rings. The summed E-state index contributed by atoms with van der Waals surface area (Å²) in [5.41, 5.74) is -0.459. The molecule has 1 rings (SSSR count). The Morgan fingerprint density at radius 3 is 2.13 bits per heavy atom. The van der Waals surface area contributed by atoms with Crippen LogP contribution in [0.2, 0.25) is 0 Å². The number of phenolic OH excluding ortho intramolecular Hbond substituents is 1. The zero-order chi connectivity index (χ0) is 11.8. The molecule has 1 aromatic carbocycles. The highest BCUT2D eigenvalue weighted by Gasteiger charge is 2.26. The molecular weight excluding hydrogens is 196 g/mol. The van der Waals surface area contributed by atoms with Crippen molar-refractivity contribution in [2.45, 2.75) is 26.2 Å². The summed E-state index contributed by atoms with van der Waals surface area (Å²) in [7, 11) is 0. The van der Waals surface area contributed by atoms with Crippen LogP contribution in [0.3, 0.4) is 0 Å². The minimum absolute atomic E-state index is 0.0926. The number of benzene rings is 1. The average Bonchev–Trinajstić information content (AvgIpc) is 2.00. The number of carbonyl (C=O) groups is 1. The zero-order valence-corrected chi connectivity index (χ0v) is 8.90. The maximum absolute atomic E-state index is 10.8. The van der Waals surface area contributed by atoms with E-state index in [2.05, 4.69) is 0 Å². The largest absolute Gasteiger partial charge is 0.508 e. The first kappa shape index (κ1) is 11.4. The number of rotatable bonds is 1. The molecule has 4 heteroatoms. The first-order chi connectivity index (χ1) is 6.75. The molecule has 3 N–H and O–H groups in total. The van der Waals surface area contributed by atoms with E-state index >= 15 is 0 Å². The lowest BCUT2D eigenvalue weighted by atomic mass is 9.84. The van der Waals surface area contributed by atoms with E-state index in [1.807, 2.05) is 0 Å². The Balaban J connectivity index is 3.51. The van der Waals surface area contributed by atoms with Crippen LogP contribution < -0.4 is 0 Å². The third-order valence-electron chi connectivity index (χ3n) is 2.14. The highest BCUT2D eigenvalue weighted by Crippen LogP contribution is 2.39. The summed E-state index contributed by atoms with van der Waals surface area (Å²) < 4.78 is 0. The zero-order valence-electron chi connectivity index (χ0n) is 8.90. The van der Waals surface area contributed by atoms with Gasteiger partial charge in [0.05, 0.1) is 0 Å². The number of aromatic carboxylic acids is 1. The van der Waals surface area contributed by atoms with Gasteiger partial charge in [-0.2, -0.15) is 0 Å². The normalized spacial score (nSPS) is 11.4. The second-order valence-corrected chi connectivity index (χ2v) is 4.41. The smallest absolute Gasteiger partial charge is 0.339 e. The van der Waals surface area contributed by atoms with Crippen molar-refractivity contribution in [2.75, 3.05) is 0 Å². The molecule has 0 heterocycles. The summed E-state index contributed by atoms with van der Waals surface area (Å²) >= 11 is 0. The third-order valence-corrected chi connectivity index (χ3v) is 2.14. The molecule has 0 aliphatic rings. The summed E-state index contributed by atoms with van der Waals surface area (Å²) in [6.45, 7) is 5.36. The summed E-state index contributed by atoms with van der Waals surface area (Å²) in [5, 5.41) is 28.1. The molecule has 0 saturated heterocycles. The molecule has 0 fully saturated rings. The minimum atomic E-state index is -1.21. The Morgan fingerprint density at radius 2 is 1.73 bits per heavy atom. The summed E-state index contributed by atoms with van der Waals surface area (Å²) in [4.78, 5) is 10.8. The molecule has 0 amide bonds. The Hall–Kier alpha value is -1.71. The highest BCUT2D eigenvalue weighted by atomic mass is 16.4. The van der Waals surface area contributed by atoms with Crippen molar-refractivity contribution >= 4 is 5.97 Å². The van der Waals surface area contributed by atoms with Gasteiger partial charge < -0.3 is 15.3 Å². The van der Waals surface area contributed by atoms with E-state index in [9.17, 15) is 15.0 Å². The lowest BCUT2D eigenvalue weighted by Gasteiger charge is -2.22. The number of hydrogen-bond acceptors (Lipinski definition) is 3. The van der Waals surface area contributed by atoms with Gasteiger partial charge in [0.1, 0.15) is 17.1 Å². The van der Waals surface area contributed by atoms with Crippen LogP contribution in [0.1, 0.15) is 36.7 Å². The molecule has 0 saturated carbocycles. The monoisotopic (exact) mass is 210 g/mol. The van der Waals surface area contributed by atoms with Crippen molar-refractivity contribution in [2.24, 2.45) is 0 Å². The van der Waals surface area contributed by atoms with Crippen LogP contribution in [-0.4, -0.2) is 21.3 Å². The van der Waals surface area contributed by atoms with Gasteiger partial charge >= 0.3 is 5.97 Å². The minimum Gasteiger partial charge on any atom is -0.508 e. The Kier molecular flexibility index (Phi) is 2.62. The van der Waals surface area contributed by atoms with E-state index in [0.29, 0.717) is 0 Å². The molecule has 0 atom stereocenters. The fraction of sp³-hybridized carbons (Fsp3) is 0.364. The van der Waals surface area contributed by atoms with Gasteiger partial charge in [-0.05, 0) is 17.5 Å². The molecule has 0 bridgehead atoms. The molecule has 82 valence electrons. The van der Waals surface area contributed by atoms with Gasteiger partial charge in [-0.1, -0.05) is 20.8 Å². The quantitative estimate of drug-likeness (QED) is 0.663. The topological polar surface area (TPSA) is 77.8 Å². The lowest BCUT2D eigenvalue weighted by Crippen LogP contribution is -2.13. The second kappa shape index (κ2) is 3.46. The summed E-state index contributed by atoms with van der Waals surface area (Å²) in [6, 6.07) is 2.46. The molecule has 15 heavy (non-hydrogen) atoms. The van der Waals surface area contributed by atoms with Crippen LogP contribution in [0.5, 0.6) is 11.5 Å². The van der Waals surface area contributed by atoms with Gasteiger partial charge in [-0.3, -0.25) is 0 Å². The van der Waals surface area contributed by atoms with Crippen molar-refractivity contribution in [3.05, 3.63) is 23.3 Å². The Labute approximate surface area is 87.8 Å². The maximum atomic E-state index is 10.8. The van der Waals surface area contributed by atoms with Crippen molar-refractivity contribution in [1.82, 2.24) is 0 Å². The van der Waals surface area contributed by atoms with E-state index in [4.69, 9.17) is 5.11 Å². The number of carboxylic acids is 1. The fourth-order valence-corrected chi connectivity index (χ4v) is 1.49. The van der Waals surface area contributed by atoms with Crippen molar-refractivity contribution in [3.8, 4) is 11.5 Å². The van der Waals surface area contributed by atoms with Crippen LogP contribution in [0.25, 0.3) is 0 Å². The van der Waals surface area contributed by atoms with Gasteiger partial charge in [0.2, 0.25) is 0 Å². The first-order valence-corrected chi connectivity index (χ1v) is 4.54. The van der Waals surface area contributed by atoms with Crippen LogP contribution >= 0.6 is 0 Å². The lowest BCUT2D eigenvalue weighted by molar-refractivity contribution is 0.0693. The average molecular weight is 210 g/mol. The maximum Gasteiger partial charge on any atom is 0.339 e. The van der Waals surface area contributed by atoms with Crippen molar-refractivity contribution in [3.63, 3.8) is 0 Å². The van der Waals surface area contributed by atoms with Gasteiger partial charge in [0.15, 0.2) is 0 Å². The van der Waals surface area contributed by atoms with Gasteiger partial charge in [0.25, 0.3) is 0 Å². The summed E-state index contributed by atoms with van der Waals surface area (Å²) in [6.07, 6.45) is 0. The SMILES string of the molecule is CC(C)(C)c1c(O)ccc(C(=O)O)c1O. The van der Waals surface area contributed by atoms with Gasteiger partial charge in [-0.25, -0.2) is 4.79 Å². The first-order valence-electron chi connectivity index (χ1n) is 4.54. The molecule has 0 radical (unpaired) electrons. The predicted molar refractivity (Wildman–Crippen MR) is 55.4 cm³/mol. The number of hydrogen-bond donors (Lipinski definition) is 3. The van der Waals surface area contributed by atoms with Gasteiger partial charge in [0, 0.05) is 5.56 Å². The number of aromatic hydroxyl groups is 2. The second-order valence-electron chi connectivity index (χ2n) is 4.41. The molecule has 0 spiro atoms. The summed E-state index contributed by atoms with van der Waals surface area (Å²) in [5.74, 6) is -1.67.